The normalized spacial score (nSPS) is 15.7. The van der Waals surface area contributed by atoms with Crippen molar-refractivity contribution in [1.82, 2.24) is 15.1 Å². The van der Waals surface area contributed by atoms with Crippen molar-refractivity contribution < 1.29 is 9.59 Å². The molecule has 5 heteroatoms. The van der Waals surface area contributed by atoms with Gasteiger partial charge >= 0.3 is 0 Å². The first-order valence-electron chi connectivity index (χ1n) is 8.61. The molecule has 24 heavy (non-hydrogen) atoms. The lowest BCUT2D eigenvalue weighted by molar-refractivity contribution is -0.128. The Labute approximate surface area is 144 Å². The van der Waals surface area contributed by atoms with E-state index in [9.17, 15) is 9.59 Å². The lowest BCUT2D eigenvalue weighted by Gasteiger charge is -2.33. The van der Waals surface area contributed by atoms with Crippen molar-refractivity contribution in [3.63, 3.8) is 0 Å². The van der Waals surface area contributed by atoms with Crippen molar-refractivity contribution in [2.75, 3.05) is 39.3 Å². The maximum Gasteiger partial charge on any atom is 0.246 e. The number of hydrogen-bond acceptors (Lipinski definition) is 3. The molecule has 1 N–H and O–H groups in total. The molecule has 0 saturated carbocycles. The number of amides is 2. The number of rotatable bonds is 6. The lowest BCUT2D eigenvalue weighted by atomic mass is 10.1. The first kappa shape index (κ1) is 18.2. The van der Waals surface area contributed by atoms with Crippen LogP contribution in [0.25, 0.3) is 6.08 Å². The molecule has 0 bridgehead atoms. The van der Waals surface area contributed by atoms with Crippen molar-refractivity contribution >= 4 is 17.9 Å². The highest BCUT2D eigenvalue weighted by Gasteiger charge is 2.20. The van der Waals surface area contributed by atoms with Crippen LogP contribution in [-0.2, 0) is 9.59 Å². The summed E-state index contributed by atoms with van der Waals surface area (Å²) in [4.78, 5) is 27.9. The third-order valence-electron chi connectivity index (χ3n) is 4.12. The zero-order valence-electron chi connectivity index (χ0n) is 14.6. The highest BCUT2D eigenvalue weighted by Crippen LogP contribution is 2.07. The Morgan fingerprint density at radius 1 is 1.12 bits per heavy atom. The molecular formula is C19H27N3O2. The fourth-order valence-corrected chi connectivity index (χ4v) is 2.60. The van der Waals surface area contributed by atoms with Crippen molar-refractivity contribution in [1.29, 1.82) is 0 Å². The van der Waals surface area contributed by atoms with Crippen LogP contribution in [0.3, 0.4) is 0 Å². The summed E-state index contributed by atoms with van der Waals surface area (Å²) in [6.07, 6.45) is 4.43. The number of aryl methyl sites for hydroxylation is 1. The van der Waals surface area contributed by atoms with Crippen LogP contribution in [0.1, 0.15) is 24.5 Å². The molecule has 1 heterocycles. The van der Waals surface area contributed by atoms with Gasteiger partial charge in [0.2, 0.25) is 11.8 Å². The van der Waals surface area contributed by atoms with E-state index >= 15 is 0 Å². The summed E-state index contributed by atoms with van der Waals surface area (Å²) in [5.41, 5.74) is 2.23. The molecule has 2 amide bonds. The molecule has 1 aliphatic rings. The van der Waals surface area contributed by atoms with Gasteiger partial charge in [-0.2, -0.15) is 0 Å². The van der Waals surface area contributed by atoms with Crippen LogP contribution in [0.15, 0.2) is 30.3 Å². The number of carbonyl (C=O) groups excluding carboxylic acids is 2. The highest BCUT2D eigenvalue weighted by atomic mass is 16.2. The van der Waals surface area contributed by atoms with Gasteiger partial charge in [0, 0.05) is 38.8 Å². The maximum absolute atomic E-state index is 12.2. The van der Waals surface area contributed by atoms with Crippen LogP contribution >= 0.6 is 0 Å². The molecule has 2 rings (SSSR count). The molecule has 0 radical (unpaired) electrons. The van der Waals surface area contributed by atoms with E-state index in [1.54, 1.807) is 6.08 Å². The third-order valence-corrected chi connectivity index (χ3v) is 4.12. The zero-order valence-corrected chi connectivity index (χ0v) is 14.6. The molecular weight excluding hydrogens is 302 g/mol. The predicted molar refractivity (Wildman–Crippen MR) is 96.5 cm³/mol. The standard InChI is InChI=1S/C19H27N3O2/c1-3-10-20-18(23)15-21-11-13-22(14-12-21)19(24)9-8-17-6-4-16(2)5-7-17/h4-9H,3,10-15H2,1-2H3,(H,20,23)/b9-8+. The Hall–Kier alpha value is -2.14. The van der Waals surface area contributed by atoms with E-state index in [2.05, 4.69) is 10.2 Å². The second kappa shape index (κ2) is 9.23. The molecule has 1 aromatic carbocycles. The Morgan fingerprint density at radius 2 is 1.79 bits per heavy atom. The van der Waals surface area contributed by atoms with E-state index in [1.165, 1.54) is 5.56 Å². The van der Waals surface area contributed by atoms with Gasteiger partial charge in [0.1, 0.15) is 0 Å². The van der Waals surface area contributed by atoms with Crippen LogP contribution in [0, 0.1) is 6.92 Å². The topological polar surface area (TPSA) is 52.7 Å². The molecule has 1 saturated heterocycles. The molecule has 0 aromatic heterocycles. The van der Waals surface area contributed by atoms with Crippen molar-refractivity contribution in [3.8, 4) is 0 Å². The number of carbonyl (C=O) groups is 2. The number of hydrogen-bond donors (Lipinski definition) is 1. The average molecular weight is 329 g/mol. The monoisotopic (exact) mass is 329 g/mol. The summed E-state index contributed by atoms with van der Waals surface area (Å²) in [7, 11) is 0. The van der Waals surface area contributed by atoms with Gasteiger partial charge in [0.25, 0.3) is 0 Å². The Balaban J connectivity index is 1.76. The minimum absolute atomic E-state index is 0.0330. The minimum Gasteiger partial charge on any atom is -0.355 e. The highest BCUT2D eigenvalue weighted by molar-refractivity contribution is 5.91. The molecule has 0 spiro atoms. The number of nitrogens with one attached hydrogen (secondary N) is 1. The van der Waals surface area contributed by atoms with Gasteiger partial charge < -0.3 is 10.2 Å². The number of benzene rings is 1. The number of nitrogens with zero attached hydrogens (tertiary/aromatic N) is 2. The van der Waals surface area contributed by atoms with E-state index in [1.807, 2.05) is 49.1 Å². The zero-order chi connectivity index (χ0) is 17.4. The van der Waals surface area contributed by atoms with Crippen LogP contribution in [-0.4, -0.2) is 60.9 Å². The summed E-state index contributed by atoms with van der Waals surface area (Å²) < 4.78 is 0. The fourth-order valence-electron chi connectivity index (χ4n) is 2.60. The SMILES string of the molecule is CCCNC(=O)CN1CCN(C(=O)/C=C/c2ccc(C)cc2)CC1. The minimum atomic E-state index is 0.0330. The first-order chi connectivity index (χ1) is 11.6. The molecule has 1 aromatic rings. The van der Waals surface area contributed by atoms with E-state index in [4.69, 9.17) is 0 Å². The third kappa shape index (κ3) is 5.81. The molecule has 1 fully saturated rings. The number of piperazine rings is 1. The Bertz CT molecular complexity index is 573. The predicted octanol–water partition coefficient (Wildman–Crippen LogP) is 1.68. The lowest BCUT2D eigenvalue weighted by Crippen LogP contribution is -2.50. The second-order valence-corrected chi connectivity index (χ2v) is 6.20. The van der Waals surface area contributed by atoms with Gasteiger partial charge in [-0.1, -0.05) is 36.8 Å². The van der Waals surface area contributed by atoms with Gasteiger partial charge in [-0.25, -0.2) is 0 Å². The van der Waals surface area contributed by atoms with Gasteiger partial charge in [0.15, 0.2) is 0 Å². The molecule has 0 aliphatic carbocycles. The van der Waals surface area contributed by atoms with Crippen molar-refractivity contribution in [2.24, 2.45) is 0 Å². The Morgan fingerprint density at radius 3 is 2.42 bits per heavy atom. The summed E-state index contributed by atoms with van der Waals surface area (Å²) in [6.45, 7) is 8.03. The average Bonchev–Trinajstić information content (AvgIpc) is 2.60. The van der Waals surface area contributed by atoms with E-state index in [-0.39, 0.29) is 11.8 Å². The molecule has 130 valence electrons. The second-order valence-electron chi connectivity index (χ2n) is 6.20. The summed E-state index contributed by atoms with van der Waals surface area (Å²) >= 11 is 0. The van der Waals surface area contributed by atoms with Crippen molar-refractivity contribution in [2.45, 2.75) is 20.3 Å². The Kier molecular flexibility index (Phi) is 7.00. The molecule has 0 atom stereocenters. The smallest absolute Gasteiger partial charge is 0.246 e. The maximum atomic E-state index is 12.2. The van der Waals surface area contributed by atoms with Crippen LogP contribution in [0.5, 0.6) is 0 Å². The summed E-state index contributed by atoms with van der Waals surface area (Å²) in [5, 5.41) is 2.88. The summed E-state index contributed by atoms with van der Waals surface area (Å²) in [5.74, 6) is 0.0987. The quantitative estimate of drug-likeness (QED) is 0.808. The van der Waals surface area contributed by atoms with E-state index in [0.717, 1.165) is 31.6 Å². The van der Waals surface area contributed by atoms with Gasteiger partial charge in [-0.15, -0.1) is 0 Å². The summed E-state index contributed by atoms with van der Waals surface area (Å²) in [6, 6.07) is 8.08. The molecule has 5 nitrogen and oxygen atoms in total. The van der Waals surface area contributed by atoms with Gasteiger partial charge in [-0.05, 0) is 25.0 Å². The van der Waals surface area contributed by atoms with E-state index in [0.29, 0.717) is 19.6 Å². The van der Waals surface area contributed by atoms with Crippen LogP contribution < -0.4 is 5.32 Å². The van der Waals surface area contributed by atoms with Crippen LogP contribution in [0.4, 0.5) is 0 Å². The first-order valence-corrected chi connectivity index (χ1v) is 8.61. The largest absolute Gasteiger partial charge is 0.355 e. The van der Waals surface area contributed by atoms with Gasteiger partial charge in [0.05, 0.1) is 6.54 Å². The van der Waals surface area contributed by atoms with Gasteiger partial charge in [-0.3, -0.25) is 14.5 Å². The molecule has 1 aliphatic heterocycles. The fraction of sp³-hybridized carbons (Fsp3) is 0.474. The van der Waals surface area contributed by atoms with Crippen molar-refractivity contribution in [3.05, 3.63) is 41.5 Å². The van der Waals surface area contributed by atoms with E-state index < -0.39 is 0 Å². The molecule has 0 unspecified atom stereocenters. The van der Waals surface area contributed by atoms with Crippen LogP contribution in [0.2, 0.25) is 0 Å².